The van der Waals surface area contributed by atoms with Gasteiger partial charge >= 0.3 is 0 Å². The minimum absolute atomic E-state index is 0.0456. The maximum absolute atomic E-state index is 13.2. The number of benzene rings is 1. The van der Waals surface area contributed by atoms with Crippen LogP contribution in [-0.4, -0.2) is 45.5 Å². The van der Waals surface area contributed by atoms with Crippen molar-refractivity contribution in [3.63, 3.8) is 0 Å². The molecule has 2 heterocycles. The molecule has 2 aromatic heterocycles. The fourth-order valence-corrected chi connectivity index (χ4v) is 5.23. The second kappa shape index (κ2) is 9.84. The van der Waals surface area contributed by atoms with E-state index in [1.54, 1.807) is 11.1 Å². The van der Waals surface area contributed by atoms with E-state index in [2.05, 4.69) is 41.5 Å². The standard InChI is InChI=1S/C30H34N4O2/c1-19-15-21(17-31-29(19)24-7-9-25(10-8-24)30(36)33(3)4)16-28(35)27-18-32-34(20(27)2)26-13-11-23(12-14-26)22-5-6-22/h7,11-15,17-18,22,25H,5-6,8-10,16H2,1-4H3. The number of ketones is 1. The number of pyridine rings is 1. The molecule has 0 bridgehead atoms. The molecule has 0 N–H and O–H groups in total. The molecule has 1 fully saturated rings. The number of aromatic nitrogens is 3. The summed E-state index contributed by atoms with van der Waals surface area (Å²) in [6.45, 7) is 3.99. The van der Waals surface area contributed by atoms with Crippen molar-refractivity contribution < 1.29 is 9.59 Å². The lowest BCUT2D eigenvalue weighted by atomic mass is 9.86. The smallest absolute Gasteiger partial charge is 0.225 e. The highest BCUT2D eigenvalue weighted by Crippen LogP contribution is 2.40. The van der Waals surface area contributed by atoms with Crippen LogP contribution in [0.2, 0.25) is 0 Å². The molecule has 1 aromatic carbocycles. The van der Waals surface area contributed by atoms with Crippen molar-refractivity contribution in [3.05, 3.63) is 82.4 Å². The molecule has 2 aliphatic carbocycles. The molecule has 1 saturated carbocycles. The molecule has 2 aliphatic rings. The predicted octanol–water partition coefficient (Wildman–Crippen LogP) is 5.46. The van der Waals surface area contributed by atoms with Crippen molar-refractivity contribution in [1.82, 2.24) is 19.7 Å². The lowest BCUT2D eigenvalue weighted by Gasteiger charge is -2.24. The first-order valence-electron chi connectivity index (χ1n) is 12.9. The first-order valence-corrected chi connectivity index (χ1v) is 12.9. The topological polar surface area (TPSA) is 68.1 Å². The summed E-state index contributed by atoms with van der Waals surface area (Å²) in [6.07, 6.45) is 10.9. The summed E-state index contributed by atoms with van der Waals surface area (Å²) < 4.78 is 1.85. The fraction of sp³-hybridized carbons (Fsp3) is 0.400. The fourth-order valence-electron chi connectivity index (χ4n) is 5.23. The average Bonchev–Trinajstić information content (AvgIpc) is 3.65. The summed E-state index contributed by atoms with van der Waals surface area (Å²) in [7, 11) is 3.62. The minimum atomic E-state index is 0.0456. The molecule has 1 unspecified atom stereocenters. The maximum atomic E-state index is 13.2. The van der Waals surface area contributed by atoms with Gasteiger partial charge < -0.3 is 4.90 Å². The van der Waals surface area contributed by atoms with E-state index in [9.17, 15) is 9.59 Å². The van der Waals surface area contributed by atoms with Crippen molar-refractivity contribution >= 4 is 17.3 Å². The van der Waals surface area contributed by atoms with E-state index >= 15 is 0 Å². The van der Waals surface area contributed by atoms with Crippen LogP contribution in [0.4, 0.5) is 0 Å². The number of Topliss-reactive ketones (excluding diaryl/α,β-unsaturated/α-hetero) is 1. The van der Waals surface area contributed by atoms with Gasteiger partial charge in [0.05, 0.1) is 28.8 Å². The number of hydrogen-bond donors (Lipinski definition) is 0. The summed E-state index contributed by atoms with van der Waals surface area (Å²) in [5.74, 6) is 1.01. The Balaban J connectivity index is 1.27. The molecule has 0 aliphatic heterocycles. The molecule has 0 radical (unpaired) electrons. The number of aryl methyl sites for hydroxylation is 1. The Kier molecular flexibility index (Phi) is 6.61. The number of rotatable bonds is 7. The summed E-state index contributed by atoms with van der Waals surface area (Å²) >= 11 is 0. The number of hydrogen-bond acceptors (Lipinski definition) is 4. The van der Waals surface area contributed by atoms with E-state index in [1.165, 1.54) is 24.0 Å². The van der Waals surface area contributed by atoms with Crippen molar-refractivity contribution in [2.75, 3.05) is 14.1 Å². The number of carbonyl (C=O) groups excluding carboxylic acids is 2. The van der Waals surface area contributed by atoms with Crippen LogP contribution in [0.3, 0.4) is 0 Å². The third kappa shape index (κ3) is 4.90. The highest BCUT2D eigenvalue weighted by atomic mass is 16.2. The van der Waals surface area contributed by atoms with Gasteiger partial charge in [0.2, 0.25) is 5.91 Å². The van der Waals surface area contributed by atoms with Crippen LogP contribution in [0.1, 0.15) is 76.5 Å². The Morgan fingerprint density at radius 3 is 2.42 bits per heavy atom. The predicted molar refractivity (Wildman–Crippen MR) is 141 cm³/mol. The van der Waals surface area contributed by atoms with Gasteiger partial charge in [-0.1, -0.05) is 24.3 Å². The quantitative estimate of drug-likeness (QED) is 0.420. The van der Waals surface area contributed by atoms with E-state index in [1.807, 2.05) is 38.8 Å². The molecular weight excluding hydrogens is 448 g/mol. The summed E-state index contributed by atoms with van der Waals surface area (Å²) in [4.78, 5) is 31.8. The monoisotopic (exact) mass is 482 g/mol. The van der Waals surface area contributed by atoms with E-state index in [-0.39, 0.29) is 17.6 Å². The van der Waals surface area contributed by atoms with Gasteiger partial charge in [0.25, 0.3) is 0 Å². The zero-order valence-electron chi connectivity index (χ0n) is 21.6. The third-order valence-corrected chi connectivity index (χ3v) is 7.50. The van der Waals surface area contributed by atoms with Crippen molar-refractivity contribution in [2.45, 2.75) is 58.3 Å². The largest absolute Gasteiger partial charge is 0.349 e. The normalized spacial score (nSPS) is 17.6. The van der Waals surface area contributed by atoms with Gasteiger partial charge in [-0.25, -0.2) is 4.68 Å². The zero-order valence-corrected chi connectivity index (χ0v) is 21.6. The second-order valence-corrected chi connectivity index (χ2v) is 10.5. The van der Waals surface area contributed by atoms with E-state index in [0.29, 0.717) is 12.0 Å². The maximum Gasteiger partial charge on any atom is 0.225 e. The lowest BCUT2D eigenvalue weighted by molar-refractivity contribution is -0.133. The molecule has 1 atom stereocenters. The van der Waals surface area contributed by atoms with Crippen LogP contribution in [0.5, 0.6) is 0 Å². The Bertz CT molecular complexity index is 1330. The van der Waals surface area contributed by atoms with Crippen LogP contribution < -0.4 is 0 Å². The van der Waals surface area contributed by atoms with Crippen LogP contribution in [0.25, 0.3) is 11.3 Å². The highest BCUT2D eigenvalue weighted by Gasteiger charge is 2.25. The Morgan fingerprint density at radius 1 is 1.06 bits per heavy atom. The van der Waals surface area contributed by atoms with Gasteiger partial charge in [0.15, 0.2) is 5.78 Å². The van der Waals surface area contributed by atoms with Gasteiger partial charge in [-0.2, -0.15) is 5.10 Å². The number of nitrogens with zero attached hydrogens (tertiary/aromatic N) is 4. The van der Waals surface area contributed by atoms with Gasteiger partial charge in [0, 0.05) is 32.6 Å². The summed E-state index contributed by atoms with van der Waals surface area (Å²) in [5.41, 5.74) is 8.00. The summed E-state index contributed by atoms with van der Waals surface area (Å²) in [6, 6.07) is 10.6. The van der Waals surface area contributed by atoms with Crippen molar-refractivity contribution in [1.29, 1.82) is 0 Å². The van der Waals surface area contributed by atoms with E-state index < -0.39 is 0 Å². The number of carbonyl (C=O) groups is 2. The third-order valence-electron chi connectivity index (χ3n) is 7.50. The SMILES string of the molecule is Cc1cc(CC(=O)c2cnn(-c3ccc(C4CC4)cc3)c2C)cnc1C1=CCC(C(=O)N(C)C)CC1. The number of allylic oxidation sites excluding steroid dienone is 2. The molecule has 6 nitrogen and oxygen atoms in total. The highest BCUT2D eigenvalue weighted by molar-refractivity contribution is 5.98. The second-order valence-electron chi connectivity index (χ2n) is 10.5. The molecular formula is C30H34N4O2. The molecule has 0 saturated heterocycles. The first-order chi connectivity index (χ1) is 17.3. The van der Waals surface area contributed by atoms with E-state index in [0.717, 1.165) is 53.4 Å². The van der Waals surface area contributed by atoms with Crippen molar-refractivity contribution in [2.24, 2.45) is 5.92 Å². The van der Waals surface area contributed by atoms with E-state index in [4.69, 9.17) is 4.98 Å². The molecule has 6 heteroatoms. The Labute approximate surface area is 213 Å². The lowest BCUT2D eigenvalue weighted by Crippen LogP contribution is -2.30. The van der Waals surface area contributed by atoms with Crippen LogP contribution in [-0.2, 0) is 11.2 Å². The van der Waals surface area contributed by atoms with Gasteiger partial charge in [-0.05, 0) is 86.3 Å². The number of amides is 1. The molecule has 36 heavy (non-hydrogen) atoms. The van der Waals surface area contributed by atoms with Crippen molar-refractivity contribution in [3.8, 4) is 5.69 Å². The van der Waals surface area contributed by atoms with Crippen LogP contribution >= 0.6 is 0 Å². The Morgan fingerprint density at radius 2 is 1.81 bits per heavy atom. The minimum Gasteiger partial charge on any atom is -0.349 e. The molecule has 186 valence electrons. The Hall–Kier alpha value is -3.54. The average molecular weight is 483 g/mol. The van der Waals surface area contributed by atoms with Gasteiger partial charge in [-0.3, -0.25) is 14.6 Å². The summed E-state index contributed by atoms with van der Waals surface area (Å²) in [5, 5.41) is 4.51. The van der Waals surface area contributed by atoms with Gasteiger partial charge in [0.1, 0.15) is 0 Å². The molecule has 5 rings (SSSR count). The zero-order chi connectivity index (χ0) is 25.4. The molecule has 3 aromatic rings. The van der Waals surface area contributed by atoms with Crippen LogP contribution in [0, 0.1) is 19.8 Å². The molecule has 1 amide bonds. The van der Waals surface area contributed by atoms with Gasteiger partial charge in [-0.15, -0.1) is 0 Å². The first kappa shape index (κ1) is 24.2. The molecule has 0 spiro atoms. The van der Waals surface area contributed by atoms with Crippen LogP contribution in [0.15, 0.2) is 48.8 Å².